The van der Waals surface area contributed by atoms with E-state index in [1.165, 1.54) is 0 Å². The molecule has 0 saturated heterocycles. The number of rotatable bonds is 0. The molecule has 0 spiro atoms. The number of aromatic nitrogens is 2. The summed E-state index contributed by atoms with van der Waals surface area (Å²) in [6.07, 6.45) is -0.278. The summed E-state index contributed by atoms with van der Waals surface area (Å²) in [6, 6.07) is 6.04. The maximum absolute atomic E-state index is 12.2. The fourth-order valence-corrected chi connectivity index (χ4v) is 2.93. The molecule has 6 heteroatoms. The van der Waals surface area contributed by atoms with Gasteiger partial charge in [0.1, 0.15) is 16.9 Å². The summed E-state index contributed by atoms with van der Waals surface area (Å²) in [5, 5.41) is 0. The summed E-state index contributed by atoms with van der Waals surface area (Å²) in [7, 11) is 0. The molecule has 2 heterocycles. The molecule has 21 heavy (non-hydrogen) atoms. The Morgan fingerprint density at radius 3 is 2.81 bits per heavy atom. The van der Waals surface area contributed by atoms with Gasteiger partial charge in [-0.15, -0.1) is 0 Å². The predicted octanol–water partition coefficient (Wildman–Crippen LogP) is 3.55. The second kappa shape index (κ2) is 5.02. The Kier molecular flexibility index (Phi) is 3.43. The Bertz CT molecular complexity index is 703. The van der Waals surface area contributed by atoms with Crippen LogP contribution in [0.15, 0.2) is 22.7 Å². The maximum Gasteiger partial charge on any atom is 0.410 e. The third-order valence-corrected chi connectivity index (χ3v) is 4.03. The van der Waals surface area contributed by atoms with Gasteiger partial charge >= 0.3 is 6.09 Å². The lowest BCUT2D eigenvalue weighted by atomic mass is 10.2. The van der Waals surface area contributed by atoms with E-state index in [9.17, 15) is 4.79 Å². The van der Waals surface area contributed by atoms with Crippen molar-refractivity contribution in [1.82, 2.24) is 14.5 Å². The Morgan fingerprint density at radius 1 is 1.33 bits per heavy atom. The number of benzene rings is 1. The standard InChI is InChI=1S/C15H18BrN3O2/c1-15(2,3)21-14(20)18-7-8-19-11-6-4-5-10(16)13(11)17-12(19)9-18/h4-6H,7-9H2,1-3H3. The van der Waals surface area contributed by atoms with Crippen LogP contribution in [0, 0.1) is 0 Å². The van der Waals surface area contributed by atoms with Crippen LogP contribution in [0.4, 0.5) is 4.79 Å². The molecule has 1 aromatic heterocycles. The van der Waals surface area contributed by atoms with E-state index in [1.807, 2.05) is 32.9 Å². The van der Waals surface area contributed by atoms with Crippen LogP contribution >= 0.6 is 15.9 Å². The van der Waals surface area contributed by atoms with Crippen LogP contribution in [0.3, 0.4) is 0 Å². The van der Waals surface area contributed by atoms with Crippen LogP contribution < -0.4 is 0 Å². The second-order valence-electron chi connectivity index (χ2n) is 6.19. The Morgan fingerprint density at radius 2 is 2.10 bits per heavy atom. The number of hydrogen-bond donors (Lipinski definition) is 0. The minimum absolute atomic E-state index is 0.278. The molecule has 0 fully saturated rings. The van der Waals surface area contributed by atoms with Crippen molar-refractivity contribution in [3.05, 3.63) is 28.5 Å². The lowest BCUT2D eigenvalue weighted by Crippen LogP contribution is -2.41. The van der Waals surface area contributed by atoms with Gasteiger partial charge in [-0.25, -0.2) is 9.78 Å². The predicted molar refractivity (Wildman–Crippen MR) is 84.1 cm³/mol. The molecule has 2 aromatic rings. The molecular weight excluding hydrogens is 334 g/mol. The van der Waals surface area contributed by atoms with Gasteiger partial charge in [0.25, 0.3) is 0 Å². The summed E-state index contributed by atoms with van der Waals surface area (Å²) in [5.41, 5.74) is 1.57. The number of halogens is 1. The summed E-state index contributed by atoms with van der Waals surface area (Å²) in [4.78, 5) is 18.5. The molecule has 0 bridgehead atoms. The molecule has 1 aliphatic heterocycles. The van der Waals surface area contributed by atoms with Crippen molar-refractivity contribution >= 4 is 33.1 Å². The van der Waals surface area contributed by atoms with Gasteiger partial charge in [0.2, 0.25) is 0 Å². The highest BCUT2D eigenvalue weighted by molar-refractivity contribution is 9.10. The van der Waals surface area contributed by atoms with Crippen molar-refractivity contribution in [3.63, 3.8) is 0 Å². The van der Waals surface area contributed by atoms with Gasteiger partial charge < -0.3 is 9.30 Å². The zero-order chi connectivity index (χ0) is 15.2. The van der Waals surface area contributed by atoms with Crippen molar-refractivity contribution in [2.75, 3.05) is 6.54 Å². The third-order valence-electron chi connectivity index (χ3n) is 3.39. The monoisotopic (exact) mass is 351 g/mol. The first kappa shape index (κ1) is 14.4. The van der Waals surface area contributed by atoms with Crippen molar-refractivity contribution in [1.29, 1.82) is 0 Å². The van der Waals surface area contributed by atoms with E-state index in [0.717, 1.165) is 27.9 Å². The van der Waals surface area contributed by atoms with Crippen molar-refractivity contribution in [3.8, 4) is 0 Å². The molecule has 0 atom stereocenters. The smallest absolute Gasteiger partial charge is 0.410 e. The SMILES string of the molecule is CC(C)(C)OC(=O)N1CCn2c(nc3c(Br)cccc32)C1. The lowest BCUT2D eigenvalue weighted by Gasteiger charge is -2.30. The van der Waals surface area contributed by atoms with Crippen molar-refractivity contribution in [2.45, 2.75) is 39.5 Å². The van der Waals surface area contributed by atoms with Crippen LogP contribution in [-0.4, -0.2) is 32.7 Å². The van der Waals surface area contributed by atoms with Crippen LogP contribution in [0.5, 0.6) is 0 Å². The quantitative estimate of drug-likeness (QED) is 0.729. The van der Waals surface area contributed by atoms with E-state index in [4.69, 9.17) is 4.74 Å². The highest BCUT2D eigenvalue weighted by Crippen LogP contribution is 2.27. The zero-order valence-electron chi connectivity index (χ0n) is 12.4. The van der Waals surface area contributed by atoms with E-state index >= 15 is 0 Å². The molecule has 0 aliphatic carbocycles. The highest BCUT2D eigenvalue weighted by Gasteiger charge is 2.27. The van der Waals surface area contributed by atoms with Crippen LogP contribution in [0.1, 0.15) is 26.6 Å². The summed E-state index contributed by atoms with van der Waals surface area (Å²) >= 11 is 3.53. The van der Waals surface area contributed by atoms with E-state index in [0.29, 0.717) is 13.1 Å². The first-order chi connectivity index (χ1) is 9.85. The largest absolute Gasteiger partial charge is 0.444 e. The Hall–Kier alpha value is -1.56. The summed E-state index contributed by atoms with van der Waals surface area (Å²) < 4.78 is 8.58. The van der Waals surface area contributed by atoms with Crippen molar-refractivity contribution < 1.29 is 9.53 Å². The minimum atomic E-state index is -0.475. The Balaban J connectivity index is 1.88. The topological polar surface area (TPSA) is 47.4 Å². The zero-order valence-corrected chi connectivity index (χ0v) is 14.0. The second-order valence-corrected chi connectivity index (χ2v) is 7.04. The molecule has 1 aliphatic rings. The van der Waals surface area contributed by atoms with E-state index in [-0.39, 0.29) is 6.09 Å². The number of fused-ring (bicyclic) bond motifs is 3. The average Bonchev–Trinajstić information content (AvgIpc) is 2.76. The van der Waals surface area contributed by atoms with Crippen molar-refractivity contribution in [2.24, 2.45) is 0 Å². The molecule has 3 rings (SSSR count). The number of amides is 1. The minimum Gasteiger partial charge on any atom is -0.444 e. The number of imidazole rings is 1. The van der Waals surface area contributed by atoms with E-state index < -0.39 is 5.60 Å². The summed E-state index contributed by atoms with van der Waals surface area (Å²) in [5.74, 6) is 0.897. The van der Waals surface area contributed by atoms with Crippen LogP contribution in [0.2, 0.25) is 0 Å². The number of hydrogen-bond acceptors (Lipinski definition) is 3. The van der Waals surface area contributed by atoms with Gasteiger partial charge in [-0.2, -0.15) is 0 Å². The fourth-order valence-electron chi connectivity index (χ4n) is 2.48. The third kappa shape index (κ3) is 2.77. The maximum atomic E-state index is 12.2. The molecule has 0 radical (unpaired) electrons. The number of nitrogens with zero attached hydrogens (tertiary/aromatic N) is 3. The van der Waals surface area contributed by atoms with Gasteiger partial charge in [0.15, 0.2) is 0 Å². The lowest BCUT2D eigenvalue weighted by molar-refractivity contribution is 0.0197. The normalized spacial score (nSPS) is 15.1. The average molecular weight is 352 g/mol. The Labute approximate surface area is 132 Å². The highest BCUT2D eigenvalue weighted by atomic mass is 79.9. The molecule has 0 N–H and O–H groups in total. The molecule has 112 valence electrons. The molecule has 5 nitrogen and oxygen atoms in total. The van der Waals surface area contributed by atoms with E-state index in [1.54, 1.807) is 4.90 Å². The fraction of sp³-hybridized carbons (Fsp3) is 0.467. The molecule has 0 unspecified atom stereocenters. The van der Waals surface area contributed by atoms with Crippen LogP contribution in [-0.2, 0) is 17.8 Å². The molecule has 0 saturated carbocycles. The number of carbonyl (C=O) groups excluding carboxylic acids is 1. The number of carbonyl (C=O) groups is 1. The molecule has 1 amide bonds. The van der Waals surface area contributed by atoms with Crippen LogP contribution in [0.25, 0.3) is 11.0 Å². The first-order valence-electron chi connectivity index (χ1n) is 6.97. The van der Waals surface area contributed by atoms with Gasteiger partial charge in [0.05, 0.1) is 12.1 Å². The summed E-state index contributed by atoms with van der Waals surface area (Å²) in [6.45, 7) is 7.49. The number of para-hydroxylation sites is 1. The van der Waals surface area contributed by atoms with Gasteiger partial charge in [-0.3, -0.25) is 4.90 Å². The van der Waals surface area contributed by atoms with Gasteiger partial charge in [-0.05, 0) is 48.8 Å². The molecular formula is C15H18BrN3O2. The van der Waals surface area contributed by atoms with E-state index in [2.05, 4.69) is 31.5 Å². The first-order valence-corrected chi connectivity index (χ1v) is 7.76. The number of ether oxygens (including phenoxy) is 1. The van der Waals surface area contributed by atoms with Gasteiger partial charge in [-0.1, -0.05) is 6.07 Å². The molecule has 1 aromatic carbocycles. The van der Waals surface area contributed by atoms with Gasteiger partial charge in [0, 0.05) is 17.6 Å².